The SMILES string of the molecule is C=CCN1C(=O)N(c2cccc(OC)c2)C2CS(=O)(=O)CC21. The Morgan fingerprint density at radius 1 is 1.36 bits per heavy atom. The first kappa shape index (κ1) is 14.9. The zero-order valence-electron chi connectivity index (χ0n) is 12.3. The Morgan fingerprint density at radius 2 is 2.09 bits per heavy atom. The van der Waals surface area contributed by atoms with Gasteiger partial charge in [-0.1, -0.05) is 12.1 Å². The van der Waals surface area contributed by atoms with Crippen molar-refractivity contribution in [2.24, 2.45) is 0 Å². The van der Waals surface area contributed by atoms with Crippen molar-refractivity contribution in [3.8, 4) is 5.75 Å². The zero-order chi connectivity index (χ0) is 15.9. The van der Waals surface area contributed by atoms with Crippen molar-refractivity contribution < 1.29 is 17.9 Å². The molecule has 3 rings (SSSR count). The number of benzene rings is 1. The molecule has 6 nitrogen and oxygen atoms in total. The predicted octanol–water partition coefficient (Wildman–Crippen LogP) is 1.29. The molecule has 2 amide bonds. The highest BCUT2D eigenvalue weighted by Gasteiger charge is 2.53. The van der Waals surface area contributed by atoms with Crippen LogP contribution in [0.15, 0.2) is 36.9 Å². The van der Waals surface area contributed by atoms with Crippen molar-refractivity contribution in [2.45, 2.75) is 12.1 Å². The summed E-state index contributed by atoms with van der Waals surface area (Å²) >= 11 is 0. The molecule has 2 aliphatic heterocycles. The molecule has 0 aromatic heterocycles. The summed E-state index contributed by atoms with van der Waals surface area (Å²) in [6.07, 6.45) is 1.62. The smallest absolute Gasteiger partial charge is 0.325 e. The van der Waals surface area contributed by atoms with Crippen molar-refractivity contribution in [3.05, 3.63) is 36.9 Å². The van der Waals surface area contributed by atoms with Gasteiger partial charge in [-0.25, -0.2) is 13.2 Å². The largest absolute Gasteiger partial charge is 0.497 e. The van der Waals surface area contributed by atoms with Crippen LogP contribution in [-0.4, -0.2) is 56.6 Å². The summed E-state index contributed by atoms with van der Waals surface area (Å²) in [6, 6.07) is 6.26. The predicted molar refractivity (Wildman–Crippen MR) is 84.0 cm³/mol. The number of fused-ring (bicyclic) bond motifs is 1. The molecule has 0 spiro atoms. The van der Waals surface area contributed by atoms with Crippen LogP contribution in [0.2, 0.25) is 0 Å². The molecule has 1 aromatic rings. The second-order valence-corrected chi connectivity index (χ2v) is 7.66. The number of carbonyl (C=O) groups is 1. The van der Waals surface area contributed by atoms with Crippen LogP contribution in [0.25, 0.3) is 0 Å². The lowest BCUT2D eigenvalue weighted by molar-refractivity contribution is 0.215. The highest BCUT2D eigenvalue weighted by Crippen LogP contribution is 2.35. The van der Waals surface area contributed by atoms with Crippen LogP contribution >= 0.6 is 0 Å². The third-order valence-electron chi connectivity index (χ3n) is 4.13. The average Bonchev–Trinajstić information content (AvgIpc) is 2.91. The number of rotatable bonds is 4. The molecule has 7 heteroatoms. The minimum absolute atomic E-state index is 0.00570. The molecule has 2 heterocycles. The number of methoxy groups -OCH3 is 1. The van der Waals surface area contributed by atoms with Gasteiger partial charge in [0.15, 0.2) is 9.84 Å². The molecule has 118 valence electrons. The highest BCUT2D eigenvalue weighted by molar-refractivity contribution is 7.91. The van der Waals surface area contributed by atoms with Crippen molar-refractivity contribution in [1.82, 2.24) is 4.90 Å². The van der Waals surface area contributed by atoms with E-state index in [0.717, 1.165) is 0 Å². The molecule has 0 radical (unpaired) electrons. The van der Waals surface area contributed by atoms with Gasteiger partial charge in [0.1, 0.15) is 5.75 Å². The topological polar surface area (TPSA) is 66.9 Å². The Kier molecular flexibility index (Phi) is 3.60. The van der Waals surface area contributed by atoms with Gasteiger partial charge in [-0.05, 0) is 12.1 Å². The molecule has 0 aliphatic carbocycles. The van der Waals surface area contributed by atoms with Gasteiger partial charge in [0.25, 0.3) is 0 Å². The lowest BCUT2D eigenvalue weighted by Crippen LogP contribution is -2.37. The van der Waals surface area contributed by atoms with E-state index in [9.17, 15) is 13.2 Å². The first-order valence-electron chi connectivity index (χ1n) is 7.02. The van der Waals surface area contributed by atoms with Crippen LogP contribution in [-0.2, 0) is 9.84 Å². The maximum atomic E-state index is 12.7. The normalized spacial score (nSPS) is 26.1. The number of urea groups is 1. The van der Waals surface area contributed by atoms with E-state index < -0.39 is 9.84 Å². The summed E-state index contributed by atoms with van der Waals surface area (Å²) in [6.45, 7) is 4.00. The number of anilines is 1. The second kappa shape index (κ2) is 5.31. The number of ether oxygens (including phenoxy) is 1. The minimum Gasteiger partial charge on any atom is -0.497 e. The van der Waals surface area contributed by atoms with Gasteiger partial charge in [-0.2, -0.15) is 0 Å². The number of carbonyl (C=O) groups excluding carboxylic acids is 1. The lowest BCUT2D eigenvalue weighted by Gasteiger charge is -2.22. The third-order valence-corrected chi connectivity index (χ3v) is 5.83. The van der Waals surface area contributed by atoms with Crippen LogP contribution in [0, 0.1) is 0 Å². The molecule has 0 bridgehead atoms. The van der Waals surface area contributed by atoms with Crippen LogP contribution < -0.4 is 9.64 Å². The zero-order valence-corrected chi connectivity index (χ0v) is 13.1. The maximum Gasteiger partial charge on any atom is 0.325 e. The summed E-state index contributed by atoms with van der Waals surface area (Å²) in [5.41, 5.74) is 0.656. The Hall–Kier alpha value is -2.02. The third kappa shape index (κ3) is 2.35. The molecule has 22 heavy (non-hydrogen) atoms. The first-order chi connectivity index (χ1) is 10.5. The quantitative estimate of drug-likeness (QED) is 0.619. The van der Waals surface area contributed by atoms with Crippen LogP contribution in [0.5, 0.6) is 5.75 Å². The molecule has 0 saturated carbocycles. The summed E-state index contributed by atoms with van der Waals surface area (Å²) in [5.74, 6) is 0.635. The van der Waals surface area contributed by atoms with E-state index >= 15 is 0 Å². The Bertz CT molecular complexity index is 716. The monoisotopic (exact) mass is 322 g/mol. The van der Waals surface area contributed by atoms with Crippen LogP contribution in [0.4, 0.5) is 10.5 Å². The molecule has 0 N–H and O–H groups in total. The molecular weight excluding hydrogens is 304 g/mol. The van der Waals surface area contributed by atoms with Gasteiger partial charge in [0.2, 0.25) is 0 Å². The molecule has 2 fully saturated rings. The molecule has 2 atom stereocenters. The first-order valence-corrected chi connectivity index (χ1v) is 8.84. The molecule has 1 aromatic carbocycles. The van der Waals surface area contributed by atoms with Crippen molar-refractivity contribution in [2.75, 3.05) is 30.1 Å². The standard InChI is InChI=1S/C15H18N2O4S/c1-3-7-16-13-9-22(19,20)10-14(13)17(15(16)18)11-5-4-6-12(8-11)21-2/h3-6,8,13-14H,1,7,9-10H2,2H3. The van der Waals surface area contributed by atoms with Gasteiger partial charge in [0, 0.05) is 18.3 Å². The fourth-order valence-corrected chi connectivity index (χ4v) is 5.14. The summed E-state index contributed by atoms with van der Waals surface area (Å²) in [5, 5.41) is 0. The Balaban J connectivity index is 2.02. The molecular formula is C15H18N2O4S. The number of nitrogens with zero attached hydrogens (tertiary/aromatic N) is 2. The number of hydrogen-bond donors (Lipinski definition) is 0. The van der Waals surface area contributed by atoms with E-state index in [1.807, 2.05) is 0 Å². The Morgan fingerprint density at radius 3 is 2.77 bits per heavy atom. The fourth-order valence-electron chi connectivity index (χ4n) is 3.19. The summed E-state index contributed by atoms with van der Waals surface area (Å²) < 4.78 is 29.2. The number of sulfone groups is 1. The van der Waals surface area contributed by atoms with Gasteiger partial charge in [0.05, 0.1) is 30.7 Å². The van der Waals surface area contributed by atoms with Gasteiger partial charge in [-0.3, -0.25) is 4.90 Å². The van der Waals surface area contributed by atoms with Crippen LogP contribution in [0.3, 0.4) is 0 Å². The Labute approximate surface area is 129 Å². The number of hydrogen-bond acceptors (Lipinski definition) is 4. The minimum atomic E-state index is -3.14. The highest BCUT2D eigenvalue weighted by atomic mass is 32.2. The van der Waals surface area contributed by atoms with E-state index in [0.29, 0.717) is 18.0 Å². The molecule has 2 aliphatic rings. The van der Waals surface area contributed by atoms with Crippen molar-refractivity contribution >= 4 is 21.6 Å². The summed E-state index contributed by atoms with van der Waals surface area (Å²) in [7, 11) is -1.58. The van der Waals surface area contributed by atoms with E-state index in [-0.39, 0.29) is 29.6 Å². The number of amides is 2. The van der Waals surface area contributed by atoms with E-state index in [4.69, 9.17) is 4.74 Å². The van der Waals surface area contributed by atoms with Crippen molar-refractivity contribution in [3.63, 3.8) is 0 Å². The van der Waals surface area contributed by atoms with Gasteiger partial charge < -0.3 is 9.64 Å². The van der Waals surface area contributed by atoms with Crippen LogP contribution in [0.1, 0.15) is 0 Å². The van der Waals surface area contributed by atoms with Crippen molar-refractivity contribution in [1.29, 1.82) is 0 Å². The van der Waals surface area contributed by atoms with Gasteiger partial charge in [-0.15, -0.1) is 6.58 Å². The molecule has 2 saturated heterocycles. The van der Waals surface area contributed by atoms with E-state index in [1.54, 1.807) is 47.3 Å². The molecule has 2 unspecified atom stereocenters. The second-order valence-electron chi connectivity index (χ2n) is 5.51. The lowest BCUT2D eigenvalue weighted by atomic mass is 10.1. The average molecular weight is 322 g/mol. The van der Waals surface area contributed by atoms with E-state index in [2.05, 4.69) is 6.58 Å². The summed E-state index contributed by atoms with van der Waals surface area (Å²) in [4.78, 5) is 15.8. The maximum absolute atomic E-state index is 12.7. The van der Waals surface area contributed by atoms with Gasteiger partial charge >= 0.3 is 6.03 Å². The fraction of sp³-hybridized carbons (Fsp3) is 0.400. The van der Waals surface area contributed by atoms with E-state index in [1.165, 1.54) is 0 Å².